The molecule has 1 fully saturated rings. The average Bonchev–Trinajstić information content (AvgIpc) is 3.09. The first-order valence-corrected chi connectivity index (χ1v) is 5.92. The van der Waals surface area contributed by atoms with Gasteiger partial charge in [-0.3, -0.25) is 0 Å². The van der Waals surface area contributed by atoms with E-state index >= 15 is 0 Å². The van der Waals surface area contributed by atoms with Crippen molar-refractivity contribution in [3.05, 3.63) is 42.5 Å². The largest absolute Gasteiger partial charge is 0.439 e. The van der Waals surface area contributed by atoms with Gasteiger partial charge in [0.25, 0.3) is 0 Å². The van der Waals surface area contributed by atoms with E-state index in [4.69, 9.17) is 9.84 Å². The zero-order chi connectivity index (χ0) is 14.1. The molecule has 0 saturated carbocycles. The van der Waals surface area contributed by atoms with Crippen LogP contribution in [0.2, 0.25) is 0 Å². The quantitative estimate of drug-likeness (QED) is 0.847. The first kappa shape index (κ1) is 12.5. The molecule has 2 aromatic rings. The Balaban J connectivity index is 1.89. The van der Waals surface area contributed by atoms with Gasteiger partial charge in [0.15, 0.2) is 6.10 Å². The maximum atomic E-state index is 13.7. The molecule has 0 radical (unpaired) electrons. The highest BCUT2D eigenvalue weighted by Crippen LogP contribution is 2.33. The summed E-state index contributed by atoms with van der Waals surface area (Å²) in [5.41, 5.74) is 1.28. The summed E-state index contributed by atoms with van der Waals surface area (Å²) >= 11 is 0. The smallest absolute Gasteiger partial charge is 0.439 e. The Hall–Kier alpha value is -2.48. The number of carbonyl (C=O) groups is 1. The summed E-state index contributed by atoms with van der Waals surface area (Å²) in [6.07, 6.45) is 0.941. The summed E-state index contributed by atoms with van der Waals surface area (Å²) in [7, 11) is 0. The molecule has 7 nitrogen and oxygen atoms in total. The van der Waals surface area contributed by atoms with Crippen molar-refractivity contribution in [1.29, 1.82) is 0 Å². The van der Waals surface area contributed by atoms with Gasteiger partial charge in [-0.05, 0) is 17.7 Å². The van der Waals surface area contributed by atoms with Gasteiger partial charge in [-0.2, -0.15) is 5.10 Å². The lowest BCUT2D eigenvalue weighted by molar-refractivity contribution is 0.0388. The Morgan fingerprint density at radius 3 is 2.70 bits per heavy atom. The van der Waals surface area contributed by atoms with Crippen molar-refractivity contribution in [2.45, 2.75) is 12.1 Å². The standard InChI is InChI=1S/C12H11FN4O3/c13-17-11(10(5-18)20-12(17)19)8-1-3-9(4-2-8)16-7-14-6-15-16/h1-4,6-7,10-11,18H,5H2. The van der Waals surface area contributed by atoms with Crippen LogP contribution in [0.25, 0.3) is 5.69 Å². The molecule has 0 spiro atoms. The molecule has 1 aliphatic heterocycles. The molecule has 1 N–H and O–H groups in total. The van der Waals surface area contributed by atoms with E-state index in [0.29, 0.717) is 5.56 Å². The summed E-state index contributed by atoms with van der Waals surface area (Å²) in [6, 6.07) is 5.79. The maximum absolute atomic E-state index is 13.7. The summed E-state index contributed by atoms with van der Waals surface area (Å²) < 4.78 is 20.0. The van der Waals surface area contributed by atoms with E-state index in [9.17, 15) is 9.28 Å². The lowest BCUT2D eigenvalue weighted by atomic mass is 10.0. The molecule has 1 aromatic carbocycles. The summed E-state index contributed by atoms with van der Waals surface area (Å²) in [4.78, 5) is 15.0. The topological polar surface area (TPSA) is 80.5 Å². The number of ether oxygens (including phenoxy) is 1. The van der Waals surface area contributed by atoms with Crippen molar-refractivity contribution < 1.29 is 19.1 Å². The second-order valence-electron chi connectivity index (χ2n) is 4.29. The highest BCUT2D eigenvalue weighted by atomic mass is 19.2. The zero-order valence-electron chi connectivity index (χ0n) is 10.3. The lowest BCUT2D eigenvalue weighted by Crippen LogP contribution is -2.24. The Morgan fingerprint density at radius 2 is 2.10 bits per heavy atom. The second kappa shape index (κ2) is 4.89. The van der Waals surface area contributed by atoms with Crippen molar-refractivity contribution in [3.8, 4) is 5.69 Å². The van der Waals surface area contributed by atoms with Gasteiger partial charge in [-0.1, -0.05) is 16.6 Å². The van der Waals surface area contributed by atoms with Gasteiger partial charge in [0.2, 0.25) is 0 Å². The molecule has 1 aromatic heterocycles. The summed E-state index contributed by atoms with van der Waals surface area (Å²) in [5, 5.41) is 13.1. The van der Waals surface area contributed by atoms with Crippen LogP contribution in [0.15, 0.2) is 36.9 Å². The van der Waals surface area contributed by atoms with Crippen LogP contribution < -0.4 is 0 Å². The fourth-order valence-corrected chi connectivity index (χ4v) is 2.15. The van der Waals surface area contributed by atoms with E-state index < -0.39 is 24.8 Å². The third kappa shape index (κ3) is 1.99. The number of rotatable bonds is 3. The molecular formula is C12H11FN4O3. The van der Waals surface area contributed by atoms with Crippen molar-refractivity contribution in [2.75, 3.05) is 6.61 Å². The van der Waals surface area contributed by atoms with Crippen molar-refractivity contribution >= 4 is 6.09 Å². The van der Waals surface area contributed by atoms with Gasteiger partial charge in [0, 0.05) is 0 Å². The molecule has 8 heteroatoms. The van der Waals surface area contributed by atoms with Gasteiger partial charge >= 0.3 is 6.09 Å². The fourth-order valence-electron chi connectivity index (χ4n) is 2.15. The predicted molar refractivity (Wildman–Crippen MR) is 64.4 cm³/mol. The Labute approximate surface area is 113 Å². The molecule has 0 aliphatic carbocycles. The van der Waals surface area contributed by atoms with Crippen LogP contribution in [0.4, 0.5) is 9.28 Å². The average molecular weight is 278 g/mol. The first-order chi connectivity index (χ1) is 9.70. The molecule has 20 heavy (non-hydrogen) atoms. The summed E-state index contributed by atoms with van der Waals surface area (Å²) in [5.74, 6) is 0. The number of hydrogen-bond donors (Lipinski definition) is 1. The molecule has 2 heterocycles. The van der Waals surface area contributed by atoms with Crippen LogP contribution in [-0.4, -0.2) is 43.8 Å². The van der Waals surface area contributed by atoms with E-state index in [1.165, 1.54) is 12.7 Å². The normalized spacial score (nSPS) is 22.1. The Morgan fingerprint density at radius 1 is 1.35 bits per heavy atom. The molecule has 1 aliphatic rings. The van der Waals surface area contributed by atoms with Crippen LogP contribution in [0.1, 0.15) is 11.6 Å². The second-order valence-corrected chi connectivity index (χ2v) is 4.29. The van der Waals surface area contributed by atoms with Crippen LogP contribution in [0.5, 0.6) is 0 Å². The number of hydrogen-bond acceptors (Lipinski definition) is 5. The van der Waals surface area contributed by atoms with E-state index in [1.54, 1.807) is 28.9 Å². The molecule has 1 saturated heterocycles. The monoisotopic (exact) mass is 278 g/mol. The minimum Gasteiger partial charge on any atom is -0.439 e. The zero-order valence-corrected chi connectivity index (χ0v) is 10.3. The van der Waals surface area contributed by atoms with Crippen molar-refractivity contribution in [2.24, 2.45) is 0 Å². The van der Waals surface area contributed by atoms with Gasteiger partial charge in [-0.15, -0.1) is 5.12 Å². The minimum absolute atomic E-state index is 0.00857. The maximum Gasteiger partial charge on any atom is 0.439 e. The van der Waals surface area contributed by atoms with Crippen LogP contribution in [-0.2, 0) is 4.74 Å². The number of halogens is 1. The molecule has 2 unspecified atom stereocenters. The Bertz CT molecular complexity index is 602. The SMILES string of the molecule is O=C1OC(CO)C(c2ccc(-n3cncn3)cc2)N1F. The van der Waals surface area contributed by atoms with Crippen LogP contribution in [0, 0.1) is 0 Å². The fraction of sp³-hybridized carbons (Fsp3) is 0.250. The van der Waals surface area contributed by atoms with Gasteiger partial charge in [0.05, 0.1) is 12.3 Å². The number of aliphatic hydroxyl groups is 1. The number of benzene rings is 1. The molecular weight excluding hydrogens is 267 g/mol. The third-order valence-electron chi connectivity index (χ3n) is 3.12. The highest BCUT2D eigenvalue weighted by Gasteiger charge is 2.43. The van der Waals surface area contributed by atoms with E-state index in [-0.39, 0.29) is 5.12 Å². The lowest BCUT2D eigenvalue weighted by Gasteiger charge is -2.17. The number of cyclic esters (lactones) is 1. The summed E-state index contributed by atoms with van der Waals surface area (Å²) in [6.45, 7) is -0.443. The van der Waals surface area contributed by atoms with Crippen molar-refractivity contribution in [3.63, 3.8) is 0 Å². The van der Waals surface area contributed by atoms with Gasteiger partial charge < -0.3 is 9.84 Å². The number of nitrogens with zero attached hydrogens (tertiary/aromatic N) is 4. The van der Waals surface area contributed by atoms with Crippen molar-refractivity contribution in [1.82, 2.24) is 19.9 Å². The van der Waals surface area contributed by atoms with Crippen LogP contribution >= 0.6 is 0 Å². The molecule has 0 bridgehead atoms. The van der Waals surface area contributed by atoms with E-state index in [1.807, 2.05) is 0 Å². The molecule has 2 atom stereocenters. The molecule has 1 amide bonds. The number of amides is 1. The minimum atomic E-state index is -1.09. The molecule has 104 valence electrons. The molecule has 3 rings (SSSR count). The van der Waals surface area contributed by atoms with E-state index in [2.05, 4.69) is 10.1 Å². The third-order valence-corrected chi connectivity index (χ3v) is 3.12. The first-order valence-electron chi connectivity index (χ1n) is 5.92. The number of carbonyl (C=O) groups excluding carboxylic acids is 1. The van der Waals surface area contributed by atoms with E-state index in [0.717, 1.165) is 5.69 Å². The van der Waals surface area contributed by atoms with Crippen LogP contribution in [0.3, 0.4) is 0 Å². The van der Waals surface area contributed by atoms with Gasteiger partial charge in [0.1, 0.15) is 18.7 Å². The Kier molecular flexibility index (Phi) is 3.07. The highest BCUT2D eigenvalue weighted by molar-refractivity contribution is 5.69. The van der Waals surface area contributed by atoms with Gasteiger partial charge in [-0.25, -0.2) is 14.5 Å². The predicted octanol–water partition coefficient (Wildman–Crippen LogP) is 1.01. The number of aliphatic hydroxyl groups excluding tert-OH is 1. The number of aromatic nitrogens is 3.